The smallest absolute Gasteiger partial charge is 0.191 e. The molecule has 0 amide bonds. The van der Waals surface area contributed by atoms with E-state index in [0.717, 1.165) is 42.7 Å². The summed E-state index contributed by atoms with van der Waals surface area (Å²) in [6.45, 7) is 6.98. The summed E-state index contributed by atoms with van der Waals surface area (Å²) in [7, 11) is 1.80. The molecule has 0 radical (unpaired) electrons. The van der Waals surface area contributed by atoms with Gasteiger partial charge in [-0.05, 0) is 44.3 Å². The van der Waals surface area contributed by atoms with Gasteiger partial charge in [0.05, 0.1) is 17.3 Å². The van der Waals surface area contributed by atoms with Crippen LogP contribution < -0.4 is 10.6 Å². The monoisotopic (exact) mass is 415 g/mol. The Morgan fingerprint density at radius 3 is 2.66 bits per heavy atom. The van der Waals surface area contributed by atoms with Gasteiger partial charge in [0, 0.05) is 38.0 Å². The summed E-state index contributed by atoms with van der Waals surface area (Å²) in [5.74, 6) is 1.52. The maximum atomic E-state index is 9.72. The lowest BCUT2D eigenvalue weighted by Crippen LogP contribution is -2.44. The zero-order valence-electron chi connectivity index (χ0n) is 17.5. The van der Waals surface area contributed by atoms with Gasteiger partial charge in [0.2, 0.25) is 0 Å². The Bertz CT molecular complexity index is 756. The van der Waals surface area contributed by atoms with Crippen molar-refractivity contribution in [1.82, 2.24) is 20.5 Å². The third-order valence-corrected chi connectivity index (χ3v) is 6.37. The second-order valence-corrected chi connectivity index (χ2v) is 8.76. The van der Waals surface area contributed by atoms with Crippen LogP contribution in [0, 0.1) is 12.8 Å². The van der Waals surface area contributed by atoms with Gasteiger partial charge in [0.25, 0.3) is 0 Å². The second kappa shape index (κ2) is 11.3. The number of hydrogen-bond donors (Lipinski definition) is 3. The summed E-state index contributed by atoms with van der Waals surface area (Å²) >= 11 is 1.73. The number of guanidine groups is 1. The number of benzene rings is 1. The number of aromatic nitrogens is 1. The number of nitrogens with zero attached hydrogens (tertiary/aromatic N) is 3. The van der Waals surface area contributed by atoms with Gasteiger partial charge in [-0.2, -0.15) is 0 Å². The molecular formula is C22H33N5OS. The number of thiazole rings is 1. The van der Waals surface area contributed by atoms with E-state index in [1.807, 2.05) is 18.2 Å². The Morgan fingerprint density at radius 2 is 2.03 bits per heavy atom. The van der Waals surface area contributed by atoms with Gasteiger partial charge in [0.15, 0.2) is 5.96 Å². The fraction of sp³-hybridized carbons (Fsp3) is 0.545. The van der Waals surface area contributed by atoms with E-state index >= 15 is 0 Å². The maximum Gasteiger partial charge on any atom is 0.191 e. The van der Waals surface area contributed by atoms with Crippen molar-refractivity contribution in [2.45, 2.75) is 32.2 Å². The molecule has 1 saturated heterocycles. The van der Waals surface area contributed by atoms with Gasteiger partial charge in [-0.25, -0.2) is 4.98 Å². The van der Waals surface area contributed by atoms with Crippen LogP contribution in [0.1, 0.15) is 35.0 Å². The molecule has 1 aromatic heterocycles. The fourth-order valence-electron chi connectivity index (χ4n) is 3.75. The van der Waals surface area contributed by atoms with Crippen molar-refractivity contribution >= 4 is 17.3 Å². The van der Waals surface area contributed by atoms with Crippen LogP contribution in [0.5, 0.6) is 0 Å². The quantitative estimate of drug-likeness (QED) is 0.457. The molecule has 1 aromatic carbocycles. The third-order valence-electron chi connectivity index (χ3n) is 5.55. The fourth-order valence-corrected chi connectivity index (χ4v) is 4.36. The third kappa shape index (κ3) is 6.80. The predicted octanol–water partition coefficient (Wildman–Crippen LogP) is 2.60. The number of likely N-dealkylation sites (tertiary alicyclic amines) is 1. The summed E-state index contributed by atoms with van der Waals surface area (Å²) < 4.78 is 0. The molecule has 1 aliphatic heterocycles. The zero-order valence-corrected chi connectivity index (χ0v) is 18.3. The Labute approximate surface area is 178 Å². The minimum absolute atomic E-state index is 0.0624. The highest BCUT2D eigenvalue weighted by Crippen LogP contribution is 2.19. The topological polar surface area (TPSA) is 72.8 Å². The van der Waals surface area contributed by atoms with Crippen molar-refractivity contribution in [1.29, 1.82) is 0 Å². The van der Waals surface area contributed by atoms with E-state index in [0.29, 0.717) is 12.5 Å². The molecule has 1 aliphatic rings. The number of aliphatic imine (C=N–C) groups is 1. The van der Waals surface area contributed by atoms with Gasteiger partial charge in [0.1, 0.15) is 0 Å². The van der Waals surface area contributed by atoms with Crippen molar-refractivity contribution in [3.05, 3.63) is 52.0 Å². The molecule has 3 N–H and O–H groups in total. The summed E-state index contributed by atoms with van der Waals surface area (Å²) in [5, 5.41) is 19.9. The maximum absolute atomic E-state index is 9.72. The molecule has 2 aromatic rings. The van der Waals surface area contributed by atoms with Crippen LogP contribution in [0.3, 0.4) is 0 Å². The molecular weight excluding hydrogens is 382 g/mol. The first-order valence-corrected chi connectivity index (χ1v) is 11.3. The van der Waals surface area contributed by atoms with Crippen LogP contribution >= 0.6 is 11.3 Å². The van der Waals surface area contributed by atoms with Crippen molar-refractivity contribution < 1.29 is 5.11 Å². The summed E-state index contributed by atoms with van der Waals surface area (Å²) in [5.41, 5.74) is 2.34. The van der Waals surface area contributed by atoms with Crippen LogP contribution in [-0.4, -0.2) is 60.8 Å². The van der Waals surface area contributed by atoms with Crippen molar-refractivity contribution in [3.63, 3.8) is 0 Å². The van der Waals surface area contributed by atoms with Gasteiger partial charge in [-0.1, -0.05) is 30.3 Å². The van der Waals surface area contributed by atoms with Crippen LogP contribution in [0.25, 0.3) is 0 Å². The Hall–Kier alpha value is -1.96. The minimum atomic E-state index is 0.0624. The first kappa shape index (κ1) is 21.7. The average Bonchev–Trinajstić information content (AvgIpc) is 3.17. The van der Waals surface area contributed by atoms with E-state index in [1.165, 1.54) is 18.5 Å². The molecule has 6 nitrogen and oxygen atoms in total. The largest absolute Gasteiger partial charge is 0.396 e. The molecule has 1 fully saturated rings. The Kier molecular flexibility index (Phi) is 8.46. The van der Waals surface area contributed by atoms with E-state index in [9.17, 15) is 5.11 Å². The van der Waals surface area contributed by atoms with E-state index in [-0.39, 0.29) is 12.5 Å². The SMILES string of the molecule is CN=C(NCC1CCN(Cc2csc(C)n2)CC1)NCC(CO)c1ccccc1. The van der Waals surface area contributed by atoms with Gasteiger partial charge >= 0.3 is 0 Å². The number of aryl methyl sites for hydroxylation is 1. The molecule has 3 rings (SSSR count). The van der Waals surface area contributed by atoms with E-state index in [4.69, 9.17) is 0 Å². The molecule has 0 bridgehead atoms. The zero-order chi connectivity index (χ0) is 20.5. The molecule has 158 valence electrons. The lowest BCUT2D eigenvalue weighted by atomic mass is 9.97. The summed E-state index contributed by atoms with van der Waals surface area (Å²) in [6.07, 6.45) is 2.38. The number of aliphatic hydroxyl groups is 1. The van der Waals surface area contributed by atoms with Gasteiger partial charge in [-0.15, -0.1) is 11.3 Å². The van der Waals surface area contributed by atoms with Crippen molar-refractivity contribution in [2.24, 2.45) is 10.9 Å². The molecule has 29 heavy (non-hydrogen) atoms. The number of aliphatic hydroxyl groups excluding tert-OH is 1. The molecule has 0 aliphatic carbocycles. The highest BCUT2D eigenvalue weighted by Gasteiger charge is 2.20. The highest BCUT2D eigenvalue weighted by molar-refractivity contribution is 7.09. The molecule has 1 atom stereocenters. The Morgan fingerprint density at radius 1 is 1.28 bits per heavy atom. The first-order valence-electron chi connectivity index (χ1n) is 10.4. The minimum Gasteiger partial charge on any atom is -0.396 e. The normalized spacial score (nSPS) is 17.3. The van der Waals surface area contributed by atoms with Crippen LogP contribution in [0.4, 0.5) is 0 Å². The lowest BCUT2D eigenvalue weighted by molar-refractivity contribution is 0.176. The van der Waals surface area contributed by atoms with Crippen molar-refractivity contribution in [2.75, 3.05) is 39.8 Å². The van der Waals surface area contributed by atoms with Gasteiger partial charge < -0.3 is 15.7 Å². The average molecular weight is 416 g/mol. The molecule has 7 heteroatoms. The molecule has 0 saturated carbocycles. The number of rotatable bonds is 8. The van der Waals surface area contributed by atoms with Crippen LogP contribution in [0.15, 0.2) is 40.7 Å². The number of nitrogens with one attached hydrogen (secondary N) is 2. The summed E-state index contributed by atoms with van der Waals surface area (Å²) in [6, 6.07) is 10.1. The predicted molar refractivity (Wildman–Crippen MR) is 120 cm³/mol. The molecule has 1 unspecified atom stereocenters. The van der Waals surface area contributed by atoms with E-state index in [1.54, 1.807) is 18.4 Å². The Balaban J connectivity index is 1.37. The van der Waals surface area contributed by atoms with E-state index in [2.05, 4.69) is 49.9 Å². The summed E-state index contributed by atoms with van der Waals surface area (Å²) in [4.78, 5) is 11.4. The van der Waals surface area contributed by atoms with Gasteiger partial charge in [-0.3, -0.25) is 9.89 Å². The van der Waals surface area contributed by atoms with Crippen molar-refractivity contribution in [3.8, 4) is 0 Å². The number of piperidine rings is 1. The lowest BCUT2D eigenvalue weighted by Gasteiger charge is -2.31. The molecule has 0 spiro atoms. The van der Waals surface area contributed by atoms with E-state index < -0.39 is 0 Å². The highest BCUT2D eigenvalue weighted by atomic mass is 32.1. The number of hydrogen-bond acceptors (Lipinski definition) is 5. The first-order chi connectivity index (χ1) is 14.2. The molecule has 2 heterocycles. The standard InChI is InChI=1S/C22H33N5OS/c1-17-26-21(16-29-17)14-27-10-8-18(9-11-27)12-24-22(23-2)25-13-20(15-28)19-6-4-3-5-7-19/h3-7,16,18,20,28H,8-15H2,1-2H3,(H2,23,24,25). The van der Waals surface area contributed by atoms with Crippen LogP contribution in [0.2, 0.25) is 0 Å². The second-order valence-electron chi connectivity index (χ2n) is 7.70. The van der Waals surface area contributed by atoms with Crippen LogP contribution in [-0.2, 0) is 6.54 Å².